The minimum atomic E-state index is 0.442. The van der Waals surface area contributed by atoms with Gasteiger partial charge in [-0.25, -0.2) is 4.98 Å². The Morgan fingerprint density at radius 2 is 2.21 bits per heavy atom. The van der Waals surface area contributed by atoms with Gasteiger partial charge in [-0.3, -0.25) is 4.98 Å². The molecule has 1 unspecified atom stereocenters. The van der Waals surface area contributed by atoms with Gasteiger partial charge in [-0.2, -0.15) is 0 Å². The number of nitrogens with zero attached hydrogens (tertiary/aromatic N) is 2. The zero-order chi connectivity index (χ0) is 16.8. The molecule has 2 aromatic heterocycles. The highest BCUT2D eigenvalue weighted by Gasteiger charge is 2.15. The lowest BCUT2D eigenvalue weighted by atomic mass is 9.86. The number of aromatic nitrogens is 2. The number of hydrogen-bond acceptors (Lipinski definition) is 3. The van der Waals surface area contributed by atoms with Gasteiger partial charge >= 0.3 is 0 Å². The van der Waals surface area contributed by atoms with Crippen molar-refractivity contribution in [3.63, 3.8) is 0 Å². The Bertz CT molecular complexity index is 719. The molecule has 24 heavy (non-hydrogen) atoms. The topological polar surface area (TPSA) is 35.0 Å². The summed E-state index contributed by atoms with van der Waals surface area (Å²) in [5.41, 5.74) is 4.42. The molecule has 0 aliphatic heterocycles. The van der Waals surface area contributed by atoms with Gasteiger partial charge in [0, 0.05) is 12.3 Å². The average molecular weight is 320 g/mol. The standard InChI is InChI=1S/C21H24N2O/c1-3-5-17-9-11-18(12-10-17)20-6-4-7-21(23-20)24-15-19-13-8-16(2)14-22-19/h3-4,6-8,11,13-14,17H,1,5,9-10,12,15H2,2H3. The predicted molar refractivity (Wildman–Crippen MR) is 97.7 cm³/mol. The third-order valence-electron chi connectivity index (χ3n) is 4.41. The van der Waals surface area contributed by atoms with Crippen LogP contribution in [0, 0.1) is 12.8 Å². The van der Waals surface area contributed by atoms with Gasteiger partial charge in [-0.15, -0.1) is 6.58 Å². The van der Waals surface area contributed by atoms with Crippen LogP contribution in [0.4, 0.5) is 0 Å². The smallest absolute Gasteiger partial charge is 0.214 e. The highest BCUT2D eigenvalue weighted by Crippen LogP contribution is 2.31. The highest BCUT2D eigenvalue weighted by molar-refractivity contribution is 5.63. The Balaban J connectivity index is 1.64. The SMILES string of the molecule is C=CCC1CC=C(c2cccc(OCc3ccc(C)cn3)n2)CC1. The summed E-state index contributed by atoms with van der Waals surface area (Å²) in [5, 5.41) is 0. The molecular formula is C21H24N2O. The number of aryl methyl sites for hydroxylation is 1. The number of pyridine rings is 2. The van der Waals surface area contributed by atoms with Crippen molar-refractivity contribution in [2.75, 3.05) is 0 Å². The molecule has 3 rings (SSSR count). The van der Waals surface area contributed by atoms with Gasteiger partial charge in [0.05, 0.1) is 11.4 Å². The first-order chi connectivity index (χ1) is 11.7. The molecule has 0 saturated carbocycles. The van der Waals surface area contributed by atoms with E-state index in [-0.39, 0.29) is 0 Å². The van der Waals surface area contributed by atoms with Crippen LogP contribution >= 0.6 is 0 Å². The minimum Gasteiger partial charge on any atom is -0.471 e. The van der Waals surface area contributed by atoms with E-state index < -0.39 is 0 Å². The number of hydrogen-bond donors (Lipinski definition) is 0. The first-order valence-corrected chi connectivity index (χ1v) is 8.56. The van der Waals surface area contributed by atoms with E-state index in [1.54, 1.807) is 0 Å². The van der Waals surface area contributed by atoms with Gasteiger partial charge in [-0.1, -0.05) is 24.3 Å². The summed E-state index contributed by atoms with van der Waals surface area (Å²) < 4.78 is 5.81. The van der Waals surface area contributed by atoms with E-state index in [1.807, 2.05) is 43.5 Å². The average Bonchev–Trinajstić information content (AvgIpc) is 2.62. The summed E-state index contributed by atoms with van der Waals surface area (Å²) in [5.74, 6) is 1.39. The zero-order valence-electron chi connectivity index (χ0n) is 14.2. The van der Waals surface area contributed by atoms with E-state index in [0.29, 0.717) is 12.5 Å². The second-order valence-electron chi connectivity index (χ2n) is 6.37. The van der Waals surface area contributed by atoms with Crippen molar-refractivity contribution in [2.45, 2.75) is 39.2 Å². The van der Waals surface area contributed by atoms with Crippen LogP contribution < -0.4 is 4.74 Å². The van der Waals surface area contributed by atoms with Crippen molar-refractivity contribution in [1.82, 2.24) is 9.97 Å². The van der Waals surface area contributed by atoms with E-state index in [0.717, 1.165) is 42.1 Å². The molecule has 124 valence electrons. The molecule has 2 heterocycles. The Morgan fingerprint density at radius 3 is 2.92 bits per heavy atom. The van der Waals surface area contributed by atoms with Crippen LogP contribution in [-0.4, -0.2) is 9.97 Å². The largest absolute Gasteiger partial charge is 0.471 e. The van der Waals surface area contributed by atoms with Gasteiger partial charge in [0.15, 0.2) is 0 Å². The van der Waals surface area contributed by atoms with Crippen molar-refractivity contribution in [3.8, 4) is 5.88 Å². The van der Waals surface area contributed by atoms with E-state index in [1.165, 1.54) is 12.0 Å². The number of allylic oxidation sites excluding steroid dienone is 3. The van der Waals surface area contributed by atoms with Gasteiger partial charge in [0.25, 0.3) is 0 Å². The summed E-state index contributed by atoms with van der Waals surface area (Å²) in [7, 11) is 0. The monoisotopic (exact) mass is 320 g/mol. The molecule has 0 saturated heterocycles. The third kappa shape index (κ3) is 4.31. The van der Waals surface area contributed by atoms with Crippen molar-refractivity contribution in [2.24, 2.45) is 5.92 Å². The fraction of sp³-hybridized carbons (Fsp3) is 0.333. The zero-order valence-corrected chi connectivity index (χ0v) is 14.2. The molecule has 0 spiro atoms. The second kappa shape index (κ2) is 7.91. The van der Waals surface area contributed by atoms with Crippen molar-refractivity contribution in [1.29, 1.82) is 0 Å². The van der Waals surface area contributed by atoms with Crippen LogP contribution in [0.1, 0.15) is 42.6 Å². The number of rotatable bonds is 6. The molecule has 0 N–H and O–H groups in total. The Kier molecular flexibility index (Phi) is 5.42. The van der Waals surface area contributed by atoms with Gasteiger partial charge in [0.1, 0.15) is 6.61 Å². The minimum absolute atomic E-state index is 0.442. The lowest BCUT2D eigenvalue weighted by Crippen LogP contribution is -2.06. The molecule has 0 fully saturated rings. The quantitative estimate of drug-likeness (QED) is 0.693. The van der Waals surface area contributed by atoms with Crippen LogP contribution in [0.25, 0.3) is 5.57 Å². The van der Waals surface area contributed by atoms with E-state index in [9.17, 15) is 0 Å². The summed E-state index contributed by atoms with van der Waals surface area (Å²) in [6, 6.07) is 10.0. The van der Waals surface area contributed by atoms with Crippen LogP contribution in [0.2, 0.25) is 0 Å². The molecule has 1 aliphatic rings. The lowest BCUT2D eigenvalue weighted by molar-refractivity contribution is 0.289. The number of ether oxygens (including phenoxy) is 1. The van der Waals surface area contributed by atoms with Crippen molar-refractivity contribution >= 4 is 5.57 Å². The molecule has 0 aromatic carbocycles. The van der Waals surface area contributed by atoms with Crippen molar-refractivity contribution < 1.29 is 4.74 Å². The molecule has 3 nitrogen and oxygen atoms in total. The first kappa shape index (κ1) is 16.4. The Hall–Kier alpha value is -2.42. The maximum absolute atomic E-state index is 5.81. The summed E-state index contributed by atoms with van der Waals surface area (Å²) in [4.78, 5) is 9.02. The van der Waals surface area contributed by atoms with Crippen LogP contribution in [0.15, 0.2) is 55.3 Å². The predicted octanol–water partition coefficient (Wildman–Crippen LogP) is 5.12. The van der Waals surface area contributed by atoms with Gasteiger partial charge < -0.3 is 4.74 Å². The van der Waals surface area contributed by atoms with Crippen LogP contribution in [0.5, 0.6) is 5.88 Å². The maximum atomic E-state index is 5.81. The van der Waals surface area contributed by atoms with Gasteiger partial charge in [-0.05, 0) is 61.8 Å². The molecule has 2 aromatic rings. The summed E-state index contributed by atoms with van der Waals surface area (Å²) >= 11 is 0. The van der Waals surface area contributed by atoms with Crippen LogP contribution in [0.3, 0.4) is 0 Å². The first-order valence-electron chi connectivity index (χ1n) is 8.56. The summed E-state index contributed by atoms with van der Waals surface area (Å²) in [6.07, 6.45) is 10.7. The van der Waals surface area contributed by atoms with E-state index >= 15 is 0 Å². The van der Waals surface area contributed by atoms with E-state index in [2.05, 4.69) is 28.7 Å². The fourth-order valence-electron chi connectivity index (χ4n) is 2.98. The van der Waals surface area contributed by atoms with Crippen molar-refractivity contribution in [3.05, 3.63) is 72.2 Å². The molecule has 0 radical (unpaired) electrons. The highest BCUT2D eigenvalue weighted by atomic mass is 16.5. The molecule has 1 atom stereocenters. The van der Waals surface area contributed by atoms with Crippen LogP contribution in [-0.2, 0) is 6.61 Å². The molecule has 0 amide bonds. The maximum Gasteiger partial charge on any atom is 0.214 e. The fourth-order valence-corrected chi connectivity index (χ4v) is 2.98. The molecule has 1 aliphatic carbocycles. The van der Waals surface area contributed by atoms with Gasteiger partial charge in [0.2, 0.25) is 5.88 Å². The Morgan fingerprint density at radius 1 is 1.29 bits per heavy atom. The second-order valence-corrected chi connectivity index (χ2v) is 6.37. The Labute approximate surface area is 144 Å². The summed E-state index contributed by atoms with van der Waals surface area (Å²) in [6.45, 7) is 6.31. The lowest BCUT2D eigenvalue weighted by Gasteiger charge is -2.20. The molecule has 3 heteroatoms. The van der Waals surface area contributed by atoms with E-state index in [4.69, 9.17) is 4.74 Å². The normalized spacial score (nSPS) is 17.2. The third-order valence-corrected chi connectivity index (χ3v) is 4.41. The molecular weight excluding hydrogens is 296 g/mol. The molecule has 0 bridgehead atoms.